The Morgan fingerprint density at radius 1 is 1.07 bits per heavy atom. The fraction of sp³-hybridized carbons (Fsp3) is 0.190. The van der Waals surface area contributed by atoms with Gasteiger partial charge in [-0.1, -0.05) is 47.7 Å². The van der Waals surface area contributed by atoms with Crippen LogP contribution in [0.2, 0.25) is 0 Å². The van der Waals surface area contributed by atoms with Gasteiger partial charge in [-0.15, -0.1) is 5.10 Å². The largest absolute Gasteiger partial charge is 0.464 e. The van der Waals surface area contributed by atoms with Crippen molar-refractivity contribution in [2.24, 2.45) is 0 Å². The number of hydrogen-bond donors (Lipinski definition) is 2. The summed E-state index contributed by atoms with van der Waals surface area (Å²) in [4.78, 5) is 36.6. The number of benzene rings is 2. The number of carbonyl (C=O) groups excluding carboxylic acids is 3. The highest BCUT2D eigenvalue weighted by atomic mass is 16.5. The summed E-state index contributed by atoms with van der Waals surface area (Å²) in [5.41, 5.74) is 1.68. The van der Waals surface area contributed by atoms with Crippen LogP contribution >= 0.6 is 0 Å². The maximum absolute atomic E-state index is 12.8. The third kappa shape index (κ3) is 5.07. The van der Waals surface area contributed by atoms with E-state index in [0.29, 0.717) is 11.3 Å². The fourth-order valence-corrected chi connectivity index (χ4v) is 2.80. The lowest BCUT2D eigenvalue weighted by Gasteiger charge is -2.16. The molecule has 154 valence electrons. The van der Waals surface area contributed by atoms with Gasteiger partial charge in [0.1, 0.15) is 6.54 Å². The first kappa shape index (κ1) is 20.7. The Labute approximate surface area is 173 Å². The van der Waals surface area contributed by atoms with Crippen molar-refractivity contribution in [1.29, 1.82) is 0 Å². The molecule has 0 fully saturated rings. The minimum absolute atomic E-state index is 0.0000208. The number of aromatic nitrogens is 3. The lowest BCUT2D eigenvalue weighted by atomic mass is 10.1. The minimum atomic E-state index is -0.642. The predicted molar refractivity (Wildman–Crippen MR) is 109 cm³/mol. The molecule has 1 atom stereocenters. The fourth-order valence-electron chi connectivity index (χ4n) is 2.80. The molecule has 9 heteroatoms. The standard InChI is InChI=1S/C21H21N5O4/c1-14(15-8-4-3-5-9-15)22-20(28)16-10-6-7-11-17(16)23-19(27)13-26-12-18(24-25-26)21(29)30-2/h3-12,14H,13H2,1-2H3,(H,22,28)(H,23,27). The molecule has 0 aliphatic rings. The van der Waals surface area contributed by atoms with E-state index in [9.17, 15) is 14.4 Å². The van der Waals surface area contributed by atoms with E-state index in [1.807, 2.05) is 37.3 Å². The van der Waals surface area contributed by atoms with Crippen molar-refractivity contribution in [3.8, 4) is 0 Å². The molecule has 1 unspecified atom stereocenters. The summed E-state index contributed by atoms with van der Waals surface area (Å²) >= 11 is 0. The van der Waals surface area contributed by atoms with Gasteiger partial charge in [0.15, 0.2) is 5.69 Å². The maximum atomic E-state index is 12.8. The highest BCUT2D eigenvalue weighted by Crippen LogP contribution is 2.18. The number of esters is 1. The second-order valence-electron chi connectivity index (χ2n) is 6.49. The summed E-state index contributed by atoms with van der Waals surface area (Å²) in [5.74, 6) is -1.38. The molecule has 1 aromatic heterocycles. The number of methoxy groups -OCH3 is 1. The van der Waals surface area contributed by atoms with Gasteiger partial charge < -0.3 is 15.4 Å². The number of anilines is 1. The highest BCUT2D eigenvalue weighted by Gasteiger charge is 2.17. The topological polar surface area (TPSA) is 115 Å². The number of nitrogens with one attached hydrogen (secondary N) is 2. The molecule has 0 spiro atoms. The molecule has 3 rings (SSSR count). The van der Waals surface area contributed by atoms with E-state index < -0.39 is 11.9 Å². The van der Waals surface area contributed by atoms with Crippen LogP contribution in [-0.2, 0) is 16.1 Å². The van der Waals surface area contributed by atoms with Gasteiger partial charge in [-0.2, -0.15) is 0 Å². The first-order valence-corrected chi connectivity index (χ1v) is 9.21. The second-order valence-corrected chi connectivity index (χ2v) is 6.49. The van der Waals surface area contributed by atoms with Crippen molar-refractivity contribution in [2.75, 3.05) is 12.4 Å². The van der Waals surface area contributed by atoms with Gasteiger partial charge in [0.05, 0.1) is 30.6 Å². The Kier molecular flexibility index (Phi) is 6.53. The highest BCUT2D eigenvalue weighted by molar-refractivity contribution is 6.03. The Morgan fingerprint density at radius 3 is 2.50 bits per heavy atom. The SMILES string of the molecule is COC(=O)c1cn(CC(=O)Nc2ccccc2C(=O)NC(C)c2ccccc2)nn1. The van der Waals surface area contributed by atoms with E-state index >= 15 is 0 Å². The van der Waals surface area contributed by atoms with Crippen LogP contribution in [0, 0.1) is 0 Å². The Hall–Kier alpha value is -4.01. The summed E-state index contributed by atoms with van der Waals surface area (Å²) in [6.45, 7) is 1.71. The van der Waals surface area contributed by atoms with Gasteiger partial charge in [0, 0.05) is 0 Å². The van der Waals surface area contributed by atoms with E-state index in [1.165, 1.54) is 18.0 Å². The average molecular weight is 407 g/mol. The van der Waals surface area contributed by atoms with Crippen molar-refractivity contribution in [3.63, 3.8) is 0 Å². The van der Waals surface area contributed by atoms with Crippen LogP contribution in [0.4, 0.5) is 5.69 Å². The van der Waals surface area contributed by atoms with E-state index in [4.69, 9.17) is 0 Å². The molecule has 0 radical (unpaired) electrons. The van der Waals surface area contributed by atoms with Crippen molar-refractivity contribution in [1.82, 2.24) is 20.3 Å². The van der Waals surface area contributed by atoms with Gasteiger partial charge in [-0.3, -0.25) is 9.59 Å². The lowest BCUT2D eigenvalue weighted by molar-refractivity contribution is -0.116. The number of para-hydroxylation sites is 1. The van der Waals surface area contributed by atoms with Crippen molar-refractivity contribution in [2.45, 2.75) is 19.5 Å². The summed E-state index contributed by atoms with van der Waals surface area (Å²) in [5, 5.41) is 13.0. The van der Waals surface area contributed by atoms with Crippen molar-refractivity contribution < 1.29 is 19.1 Å². The molecule has 0 saturated carbocycles. The first-order valence-electron chi connectivity index (χ1n) is 9.21. The van der Waals surface area contributed by atoms with Gasteiger partial charge in [0.2, 0.25) is 5.91 Å². The number of amides is 2. The normalized spacial score (nSPS) is 11.4. The van der Waals surface area contributed by atoms with Crippen LogP contribution in [0.3, 0.4) is 0 Å². The van der Waals surface area contributed by atoms with E-state index in [2.05, 4.69) is 25.7 Å². The van der Waals surface area contributed by atoms with Crippen LogP contribution in [0.25, 0.3) is 0 Å². The van der Waals surface area contributed by atoms with Crippen LogP contribution in [0.1, 0.15) is 39.4 Å². The molecular weight excluding hydrogens is 386 g/mol. The molecule has 2 aromatic carbocycles. The molecule has 30 heavy (non-hydrogen) atoms. The second kappa shape index (κ2) is 9.46. The van der Waals surface area contributed by atoms with Crippen LogP contribution in [0.5, 0.6) is 0 Å². The van der Waals surface area contributed by atoms with Crippen LogP contribution < -0.4 is 10.6 Å². The number of hydrogen-bond acceptors (Lipinski definition) is 6. The van der Waals surface area contributed by atoms with E-state index in [-0.39, 0.29) is 24.2 Å². The van der Waals surface area contributed by atoms with E-state index in [1.54, 1.807) is 24.3 Å². The number of rotatable bonds is 7. The first-order chi connectivity index (χ1) is 14.5. The smallest absolute Gasteiger partial charge is 0.360 e. The number of nitrogens with zero attached hydrogens (tertiary/aromatic N) is 3. The quantitative estimate of drug-likeness (QED) is 0.580. The summed E-state index contributed by atoms with van der Waals surface area (Å²) in [6, 6.07) is 16.1. The molecule has 0 aliphatic heterocycles. The predicted octanol–water partition coefficient (Wildman–Crippen LogP) is 2.19. The van der Waals surface area contributed by atoms with Crippen molar-refractivity contribution in [3.05, 3.63) is 77.6 Å². The third-order valence-electron chi connectivity index (χ3n) is 4.33. The molecule has 9 nitrogen and oxygen atoms in total. The van der Waals surface area contributed by atoms with Crippen molar-refractivity contribution >= 4 is 23.5 Å². The summed E-state index contributed by atoms with van der Waals surface area (Å²) in [7, 11) is 1.23. The monoisotopic (exact) mass is 407 g/mol. The molecule has 0 bridgehead atoms. The molecule has 2 amide bonds. The average Bonchev–Trinajstić information content (AvgIpc) is 3.22. The molecule has 3 aromatic rings. The number of ether oxygens (including phenoxy) is 1. The molecule has 0 aliphatic carbocycles. The lowest BCUT2D eigenvalue weighted by Crippen LogP contribution is -2.28. The molecule has 0 saturated heterocycles. The zero-order valence-corrected chi connectivity index (χ0v) is 16.5. The summed E-state index contributed by atoms with van der Waals surface area (Å²) in [6.07, 6.45) is 1.31. The molecular formula is C21H21N5O4. The maximum Gasteiger partial charge on any atom is 0.360 e. The van der Waals surface area contributed by atoms with Crippen LogP contribution in [0.15, 0.2) is 60.8 Å². The molecule has 1 heterocycles. The third-order valence-corrected chi connectivity index (χ3v) is 4.33. The zero-order valence-electron chi connectivity index (χ0n) is 16.5. The Morgan fingerprint density at radius 2 is 1.77 bits per heavy atom. The zero-order chi connectivity index (χ0) is 21.5. The Bertz CT molecular complexity index is 1050. The Balaban J connectivity index is 1.67. The van der Waals surface area contributed by atoms with Gasteiger partial charge in [0.25, 0.3) is 5.91 Å². The van der Waals surface area contributed by atoms with E-state index in [0.717, 1.165) is 5.56 Å². The summed E-state index contributed by atoms with van der Waals surface area (Å²) < 4.78 is 5.77. The molecule has 2 N–H and O–H groups in total. The van der Waals surface area contributed by atoms with Gasteiger partial charge >= 0.3 is 5.97 Å². The van der Waals surface area contributed by atoms with Gasteiger partial charge in [-0.05, 0) is 24.6 Å². The minimum Gasteiger partial charge on any atom is -0.464 e. The van der Waals surface area contributed by atoms with Crippen LogP contribution in [-0.4, -0.2) is 39.9 Å². The van der Waals surface area contributed by atoms with Gasteiger partial charge in [-0.25, -0.2) is 9.48 Å². The number of carbonyl (C=O) groups is 3.